The normalized spacial score (nSPS) is 20.6. The number of aryl methyl sites for hydroxylation is 1. The molecule has 0 spiro atoms. The minimum atomic E-state index is -0.0550. The molecule has 2 rings (SSSR count). The van der Waals surface area contributed by atoms with Crippen molar-refractivity contribution in [3.63, 3.8) is 0 Å². The Morgan fingerprint density at radius 2 is 1.93 bits per heavy atom. The monoisotopic (exact) mass is 211 g/mol. The molecule has 0 amide bonds. The zero-order chi connectivity index (χ0) is 9.26. The minimum Gasteiger partial charge on any atom is -0.303 e. The maximum Gasteiger partial charge on any atom is 0.155 e. The number of halogens is 1. The lowest BCUT2D eigenvalue weighted by atomic mass is 10.0. The van der Waals surface area contributed by atoms with Crippen LogP contribution in [-0.4, -0.2) is 12.3 Å². The van der Waals surface area contributed by atoms with Gasteiger partial charge in [0.25, 0.3) is 0 Å². The summed E-state index contributed by atoms with van der Waals surface area (Å²) in [6.45, 7) is 2.87. The lowest BCUT2D eigenvalue weighted by Crippen LogP contribution is -2.17. The maximum atomic E-state index is 11.4. The molecule has 3 heteroatoms. The molecule has 1 unspecified atom stereocenters. The van der Waals surface area contributed by atoms with Gasteiger partial charge in [0.05, 0.1) is 6.04 Å². The number of hydrogen-bond acceptors (Lipinski definition) is 2. The van der Waals surface area contributed by atoms with Gasteiger partial charge in [-0.15, -0.1) is 12.4 Å². The summed E-state index contributed by atoms with van der Waals surface area (Å²) in [5.41, 5.74) is 2.32. The van der Waals surface area contributed by atoms with Gasteiger partial charge in [-0.1, -0.05) is 29.8 Å². The predicted molar refractivity (Wildman–Crippen MR) is 58.8 cm³/mol. The van der Waals surface area contributed by atoms with Gasteiger partial charge in [-0.05, 0) is 12.5 Å². The third-order valence-electron chi connectivity index (χ3n) is 2.45. The lowest BCUT2D eigenvalue weighted by Gasteiger charge is -2.08. The highest BCUT2D eigenvalue weighted by Crippen LogP contribution is 2.19. The molecule has 1 heterocycles. The van der Waals surface area contributed by atoms with Gasteiger partial charge in [0, 0.05) is 13.0 Å². The van der Waals surface area contributed by atoms with Crippen LogP contribution in [0.5, 0.6) is 0 Å². The topological polar surface area (TPSA) is 29.1 Å². The first kappa shape index (κ1) is 11.2. The average Bonchev–Trinajstić information content (AvgIpc) is 2.53. The molecule has 0 saturated carbocycles. The van der Waals surface area contributed by atoms with Crippen LogP contribution in [0.15, 0.2) is 24.3 Å². The van der Waals surface area contributed by atoms with Gasteiger partial charge >= 0.3 is 0 Å². The lowest BCUT2D eigenvalue weighted by molar-refractivity contribution is -0.118. The highest BCUT2D eigenvalue weighted by molar-refractivity contribution is 5.87. The zero-order valence-electron chi connectivity index (χ0n) is 8.12. The van der Waals surface area contributed by atoms with E-state index < -0.39 is 0 Å². The first-order valence-corrected chi connectivity index (χ1v) is 4.60. The molecule has 1 fully saturated rings. The van der Waals surface area contributed by atoms with Gasteiger partial charge in [0.15, 0.2) is 5.78 Å². The number of Topliss-reactive ketones (excluding diaryl/α,β-unsaturated/α-hetero) is 1. The largest absolute Gasteiger partial charge is 0.303 e. The molecule has 1 atom stereocenters. The van der Waals surface area contributed by atoms with Crippen LogP contribution in [0.2, 0.25) is 0 Å². The molecular formula is C11H14ClNO. The molecule has 1 N–H and O–H groups in total. The van der Waals surface area contributed by atoms with Gasteiger partial charge < -0.3 is 5.32 Å². The summed E-state index contributed by atoms with van der Waals surface area (Å²) in [4.78, 5) is 11.4. The Hall–Kier alpha value is -0.860. The van der Waals surface area contributed by atoms with Crippen molar-refractivity contribution in [1.29, 1.82) is 0 Å². The molecule has 1 saturated heterocycles. The van der Waals surface area contributed by atoms with Crippen LogP contribution in [0.4, 0.5) is 0 Å². The molecule has 1 aromatic carbocycles. The van der Waals surface area contributed by atoms with Crippen molar-refractivity contribution in [3.8, 4) is 0 Å². The Balaban J connectivity index is 0.000000980. The van der Waals surface area contributed by atoms with Crippen molar-refractivity contribution < 1.29 is 4.79 Å². The standard InChI is InChI=1S/C11H13NO.ClH/c1-8-2-4-9(5-3-8)11-10(13)6-7-12-11;/h2-5,11-12H,6-7H2,1H3;1H. The molecular weight excluding hydrogens is 198 g/mol. The molecule has 1 aromatic rings. The predicted octanol–water partition coefficient (Wildman–Crippen LogP) is 2.02. The molecule has 0 aliphatic carbocycles. The first-order chi connectivity index (χ1) is 6.27. The number of benzene rings is 1. The van der Waals surface area contributed by atoms with Gasteiger partial charge in [0.1, 0.15) is 0 Å². The van der Waals surface area contributed by atoms with E-state index in [0.29, 0.717) is 12.2 Å². The second kappa shape index (κ2) is 4.58. The number of carbonyl (C=O) groups is 1. The summed E-state index contributed by atoms with van der Waals surface area (Å²) < 4.78 is 0. The Labute approximate surface area is 90.1 Å². The highest BCUT2D eigenvalue weighted by Gasteiger charge is 2.24. The van der Waals surface area contributed by atoms with Crippen molar-refractivity contribution in [2.45, 2.75) is 19.4 Å². The van der Waals surface area contributed by atoms with Crippen molar-refractivity contribution >= 4 is 18.2 Å². The summed E-state index contributed by atoms with van der Waals surface area (Å²) in [6, 6.07) is 8.08. The number of rotatable bonds is 1. The third kappa shape index (κ3) is 2.14. The number of hydrogen-bond donors (Lipinski definition) is 1. The van der Waals surface area contributed by atoms with E-state index in [1.165, 1.54) is 5.56 Å². The first-order valence-electron chi connectivity index (χ1n) is 4.60. The molecule has 0 radical (unpaired) electrons. The fraction of sp³-hybridized carbons (Fsp3) is 0.364. The Bertz CT molecular complexity index is 321. The summed E-state index contributed by atoms with van der Waals surface area (Å²) in [5, 5.41) is 3.19. The smallest absolute Gasteiger partial charge is 0.155 e. The zero-order valence-corrected chi connectivity index (χ0v) is 8.93. The van der Waals surface area contributed by atoms with E-state index in [0.717, 1.165) is 12.1 Å². The average molecular weight is 212 g/mol. The van der Waals surface area contributed by atoms with Gasteiger partial charge in [-0.2, -0.15) is 0 Å². The Morgan fingerprint density at radius 3 is 2.43 bits per heavy atom. The van der Waals surface area contributed by atoms with E-state index in [9.17, 15) is 4.79 Å². The van der Waals surface area contributed by atoms with E-state index in [4.69, 9.17) is 0 Å². The van der Waals surface area contributed by atoms with E-state index in [-0.39, 0.29) is 18.4 Å². The van der Waals surface area contributed by atoms with Crippen molar-refractivity contribution in [2.75, 3.05) is 6.54 Å². The van der Waals surface area contributed by atoms with E-state index in [1.54, 1.807) is 0 Å². The van der Waals surface area contributed by atoms with Crippen molar-refractivity contribution in [3.05, 3.63) is 35.4 Å². The minimum absolute atomic E-state index is 0. The second-order valence-corrected chi connectivity index (χ2v) is 3.51. The Morgan fingerprint density at radius 1 is 1.29 bits per heavy atom. The van der Waals surface area contributed by atoms with Gasteiger partial charge in [0.2, 0.25) is 0 Å². The molecule has 14 heavy (non-hydrogen) atoms. The quantitative estimate of drug-likeness (QED) is 0.770. The number of nitrogens with one attached hydrogen (secondary N) is 1. The molecule has 1 aliphatic heterocycles. The molecule has 0 aromatic heterocycles. The molecule has 2 nitrogen and oxygen atoms in total. The van der Waals surface area contributed by atoms with E-state index in [1.807, 2.05) is 31.2 Å². The SMILES string of the molecule is Cc1ccc(C2NCCC2=O)cc1.Cl. The van der Waals surface area contributed by atoms with Crippen LogP contribution in [0.25, 0.3) is 0 Å². The highest BCUT2D eigenvalue weighted by atomic mass is 35.5. The third-order valence-corrected chi connectivity index (χ3v) is 2.45. The van der Waals surface area contributed by atoms with Crippen molar-refractivity contribution in [1.82, 2.24) is 5.32 Å². The molecule has 76 valence electrons. The summed E-state index contributed by atoms with van der Waals surface area (Å²) in [6.07, 6.45) is 0.665. The van der Waals surface area contributed by atoms with E-state index in [2.05, 4.69) is 5.32 Å². The number of carbonyl (C=O) groups excluding carboxylic acids is 1. The van der Waals surface area contributed by atoms with Crippen LogP contribution < -0.4 is 5.32 Å². The van der Waals surface area contributed by atoms with Crippen molar-refractivity contribution in [2.24, 2.45) is 0 Å². The van der Waals surface area contributed by atoms with Gasteiger partial charge in [-0.3, -0.25) is 4.79 Å². The number of ketones is 1. The summed E-state index contributed by atoms with van der Waals surface area (Å²) >= 11 is 0. The van der Waals surface area contributed by atoms with Gasteiger partial charge in [-0.25, -0.2) is 0 Å². The second-order valence-electron chi connectivity index (χ2n) is 3.51. The fourth-order valence-electron chi connectivity index (χ4n) is 1.66. The Kier molecular flexibility index (Phi) is 3.67. The molecule has 1 aliphatic rings. The van der Waals surface area contributed by atoms with Crippen LogP contribution in [0, 0.1) is 6.92 Å². The van der Waals surface area contributed by atoms with Crippen LogP contribution in [0.1, 0.15) is 23.6 Å². The van der Waals surface area contributed by atoms with Crippen LogP contribution in [0.3, 0.4) is 0 Å². The maximum absolute atomic E-state index is 11.4. The summed E-state index contributed by atoms with van der Waals surface area (Å²) in [5.74, 6) is 0.309. The van der Waals surface area contributed by atoms with E-state index >= 15 is 0 Å². The fourth-order valence-corrected chi connectivity index (χ4v) is 1.66. The van der Waals surface area contributed by atoms with Crippen LogP contribution >= 0.6 is 12.4 Å². The summed E-state index contributed by atoms with van der Waals surface area (Å²) in [7, 11) is 0. The molecule has 0 bridgehead atoms. The van der Waals surface area contributed by atoms with Crippen LogP contribution in [-0.2, 0) is 4.79 Å².